The van der Waals surface area contributed by atoms with Gasteiger partial charge in [0.15, 0.2) is 5.78 Å². The third kappa shape index (κ3) is 1.24. The van der Waals surface area contributed by atoms with Gasteiger partial charge in [0, 0.05) is 16.5 Å². The highest BCUT2D eigenvalue weighted by atomic mass is 16.1. The Bertz CT molecular complexity index is 1200. The van der Waals surface area contributed by atoms with Gasteiger partial charge < -0.3 is 0 Å². The van der Waals surface area contributed by atoms with Crippen molar-refractivity contribution in [3.8, 4) is 11.1 Å². The Balaban J connectivity index is 2.04. The number of carbonyl (C=O) groups is 1. The van der Waals surface area contributed by atoms with E-state index in [2.05, 4.69) is 36.4 Å². The van der Waals surface area contributed by atoms with Crippen LogP contribution < -0.4 is 0 Å². The van der Waals surface area contributed by atoms with Gasteiger partial charge in [-0.15, -0.1) is 0 Å². The van der Waals surface area contributed by atoms with Crippen LogP contribution in [0.15, 0.2) is 60.7 Å². The number of ketones is 1. The Kier molecular flexibility index (Phi) is 1.86. The van der Waals surface area contributed by atoms with E-state index in [-0.39, 0.29) is 5.78 Å². The highest BCUT2D eigenvalue weighted by Crippen LogP contribution is 2.49. The van der Waals surface area contributed by atoms with Crippen LogP contribution in [0.25, 0.3) is 32.7 Å². The van der Waals surface area contributed by atoms with Crippen LogP contribution in [0.5, 0.6) is 0 Å². The van der Waals surface area contributed by atoms with E-state index in [0.717, 1.165) is 28.3 Å². The van der Waals surface area contributed by atoms with Gasteiger partial charge in [0.05, 0.1) is 0 Å². The van der Waals surface area contributed by atoms with Gasteiger partial charge in [-0.25, -0.2) is 0 Å². The van der Waals surface area contributed by atoms with E-state index in [0.29, 0.717) is 0 Å². The number of carbonyl (C=O) groups excluding carboxylic acids is 1. The van der Waals surface area contributed by atoms with E-state index in [9.17, 15) is 4.79 Å². The first-order valence-electron chi connectivity index (χ1n) is 7.97. The minimum atomic E-state index is 0.165. The molecule has 0 spiro atoms. The molecular weight excluding hydrogens is 280 g/mol. The Morgan fingerprint density at radius 1 is 0.652 bits per heavy atom. The second kappa shape index (κ2) is 3.69. The second-order valence-corrected chi connectivity index (χ2v) is 6.52. The van der Waals surface area contributed by atoms with Crippen molar-refractivity contribution in [3.63, 3.8) is 0 Å². The molecule has 4 aromatic carbocycles. The van der Waals surface area contributed by atoms with Gasteiger partial charge in [0.1, 0.15) is 0 Å². The van der Waals surface area contributed by atoms with E-state index in [1.165, 1.54) is 33.0 Å². The minimum absolute atomic E-state index is 0.165. The normalized spacial score (nSPS) is 14.0. The van der Waals surface area contributed by atoms with Gasteiger partial charge in [-0.1, -0.05) is 54.6 Å². The lowest BCUT2D eigenvalue weighted by atomic mass is 9.74. The minimum Gasteiger partial charge on any atom is -0.289 e. The molecule has 0 saturated heterocycles. The van der Waals surface area contributed by atoms with Crippen LogP contribution in [0.3, 0.4) is 0 Å². The highest BCUT2D eigenvalue weighted by molar-refractivity contribution is 6.31. The number of hydrogen-bond acceptors (Lipinski definition) is 1. The summed E-state index contributed by atoms with van der Waals surface area (Å²) < 4.78 is 0. The average molecular weight is 292 g/mol. The lowest BCUT2D eigenvalue weighted by Gasteiger charge is -2.28. The van der Waals surface area contributed by atoms with Crippen LogP contribution in [0.4, 0.5) is 0 Å². The Hall–Kier alpha value is -2.93. The van der Waals surface area contributed by atoms with Crippen LogP contribution in [0.1, 0.15) is 27.0 Å². The van der Waals surface area contributed by atoms with Crippen molar-refractivity contribution >= 4 is 27.3 Å². The van der Waals surface area contributed by atoms with Crippen molar-refractivity contribution in [2.24, 2.45) is 0 Å². The molecule has 2 aliphatic carbocycles. The second-order valence-electron chi connectivity index (χ2n) is 6.52. The summed E-state index contributed by atoms with van der Waals surface area (Å²) in [5.41, 5.74) is 6.81. The first-order chi connectivity index (χ1) is 11.3. The smallest absolute Gasteiger partial charge is 0.194 e. The van der Waals surface area contributed by atoms with Gasteiger partial charge >= 0.3 is 0 Å². The molecule has 0 saturated carbocycles. The molecule has 0 radical (unpaired) electrons. The summed E-state index contributed by atoms with van der Waals surface area (Å²) in [5.74, 6) is 0.165. The predicted octanol–water partition coefficient (Wildman–Crippen LogP) is 5.11. The quantitative estimate of drug-likeness (QED) is 0.356. The van der Waals surface area contributed by atoms with Gasteiger partial charge in [0.2, 0.25) is 0 Å². The molecule has 0 N–H and O–H groups in total. The zero-order chi connectivity index (χ0) is 15.1. The SMILES string of the molecule is O=C1c2cccc3c2-c2c4c(cccc4cc4cccc1c24)C3. The van der Waals surface area contributed by atoms with Gasteiger partial charge in [-0.2, -0.15) is 0 Å². The standard InChI is InChI=1S/C22H12O/c23-22-16-8-2-6-14-10-12-4-1-5-13-11-15-7-3-9-17(22)20(15)21(18(12)13)19(14)16/h1-10H,11H2. The Labute approximate surface area is 133 Å². The van der Waals surface area contributed by atoms with Crippen LogP contribution in [0.2, 0.25) is 0 Å². The molecule has 0 fully saturated rings. The fraction of sp³-hybridized carbons (Fsp3) is 0.0455. The lowest BCUT2D eigenvalue weighted by molar-refractivity contribution is 0.104. The van der Waals surface area contributed by atoms with E-state index in [1.54, 1.807) is 0 Å². The molecule has 1 nitrogen and oxygen atoms in total. The molecular formula is C22H12O. The van der Waals surface area contributed by atoms with Crippen LogP contribution in [-0.4, -0.2) is 5.78 Å². The summed E-state index contributed by atoms with van der Waals surface area (Å²) in [7, 11) is 0. The molecule has 4 aromatic rings. The molecule has 0 atom stereocenters. The summed E-state index contributed by atoms with van der Waals surface area (Å²) in [6.07, 6.45) is 0.911. The summed E-state index contributed by atoms with van der Waals surface area (Å²) in [4.78, 5) is 13.0. The molecule has 23 heavy (non-hydrogen) atoms. The summed E-state index contributed by atoms with van der Waals surface area (Å²) in [6, 6.07) is 21.0. The number of rotatable bonds is 0. The van der Waals surface area contributed by atoms with E-state index in [4.69, 9.17) is 0 Å². The summed E-state index contributed by atoms with van der Waals surface area (Å²) in [5, 5.41) is 4.91. The van der Waals surface area contributed by atoms with Crippen molar-refractivity contribution in [1.29, 1.82) is 0 Å². The average Bonchev–Trinajstić information content (AvgIpc) is 2.59. The molecule has 2 aliphatic rings. The lowest BCUT2D eigenvalue weighted by Crippen LogP contribution is -2.14. The van der Waals surface area contributed by atoms with E-state index < -0.39 is 0 Å². The van der Waals surface area contributed by atoms with Crippen molar-refractivity contribution in [3.05, 3.63) is 82.9 Å². The number of benzene rings is 4. The van der Waals surface area contributed by atoms with E-state index in [1.807, 2.05) is 24.3 Å². The molecule has 0 aliphatic heterocycles. The van der Waals surface area contributed by atoms with Crippen LogP contribution in [-0.2, 0) is 6.42 Å². The molecule has 6 rings (SSSR count). The monoisotopic (exact) mass is 292 g/mol. The van der Waals surface area contributed by atoms with Crippen molar-refractivity contribution in [1.82, 2.24) is 0 Å². The third-order valence-corrected chi connectivity index (χ3v) is 5.36. The zero-order valence-corrected chi connectivity index (χ0v) is 12.4. The van der Waals surface area contributed by atoms with Crippen molar-refractivity contribution in [2.75, 3.05) is 0 Å². The Morgan fingerprint density at radius 2 is 1.35 bits per heavy atom. The van der Waals surface area contributed by atoms with Gasteiger partial charge in [0.25, 0.3) is 0 Å². The molecule has 106 valence electrons. The first-order valence-corrected chi connectivity index (χ1v) is 7.97. The molecule has 0 bridgehead atoms. The number of hydrogen-bond donors (Lipinski definition) is 0. The topological polar surface area (TPSA) is 17.1 Å². The first kappa shape index (κ1) is 11.6. The van der Waals surface area contributed by atoms with Crippen molar-refractivity contribution in [2.45, 2.75) is 6.42 Å². The largest absolute Gasteiger partial charge is 0.289 e. The van der Waals surface area contributed by atoms with Crippen molar-refractivity contribution < 1.29 is 4.79 Å². The third-order valence-electron chi connectivity index (χ3n) is 5.36. The predicted molar refractivity (Wildman–Crippen MR) is 93.1 cm³/mol. The van der Waals surface area contributed by atoms with Crippen LogP contribution >= 0.6 is 0 Å². The Morgan fingerprint density at radius 3 is 2.26 bits per heavy atom. The maximum Gasteiger partial charge on any atom is 0.194 e. The van der Waals surface area contributed by atoms with Crippen LogP contribution in [0, 0.1) is 0 Å². The highest BCUT2D eigenvalue weighted by Gasteiger charge is 2.31. The maximum absolute atomic E-state index is 13.0. The molecule has 0 aromatic heterocycles. The summed E-state index contributed by atoms with van der Waals surface area (Å²) in [6.45, 7) is 0. The fourth-order valence-electron chi connectivity index (χ4n) is 4.48. The van der Waals surface area contributed by atoms with Gasteiger partial charge in [-0.05, 0) is 50.9 Å². The van der Waals surface area contributed by atoms with Gasteiger partial charge in [-0.3, -0.25) is 4.79 Å². The molecule has 0 amide bonds. The zero-order valence-electron chi connectivity index (χ0n) is 12.4. The molecule has 1 heteroatoms. The summed E-state index contributed by atoms with van der Waals surface area (Å²) >= 11 is 0. The molecule has 0 heterocycles. The molecule has 0 unspecified atom stereocenters. The maximum atomic E-state index is 13.0. The van der Waals surface area contributed by atoms with E-state index >= 15 is 0 Å². The fourth-order valence-corrected chi connectivity index (χ4v) is 4.48.